The summed E-state index contributed by atoms with van der Waals surface area (Å²) in [5.41, 5.74) is 0. The number of rotatable bonds is 8. The average molecular weight is 284 g/mol. The quantitative estimate of drug-likeness (QED) is 0.744. The fourth-order valence-electron chi connectivity index (χ4n) is 1.57. The second kappa shape index (κ2) is 8.56. The van der Waals surface area contributed by atoms with Crippen LogP contribution in [0.15, 0.2) is 36.9 Å². The van der Waals surface area contributed by atoms with Gasteiger partial charge in [0.05, 0.1) is 19.6 Å². The third-order valence-corrected chi connectivity index (χ3v) is 2.69. The van der Waals surface area contributed by atoms with Crippen LogP contribution in [0.1, 0.15) is 6.42 Å². The van der Waals surface area contributed by atoms with Gasteiger partial charge in [0.2, 0.25) is 5.91 Å². The van der Waals surface area contributed by atoms with Gasteiger partial charge in [0.1, 0.15) is 5.75 Å². The van der Waals surface area contributed by atoms with Crippen LogP contribution < -0.4 is 4.74 Å². The molecule has 1 aromatic rings. The lowest BCUT2D eigenvalue weighted by Crippen LogP contribution is -2.34. The topological polar surface area (TPSA) is 49.8 Å². The standard InChI is InChI=1S/C14H18ClNO3/c1-2-7-16(8-9-17)14(18)6-10-19-13-5-3-4-12(15)11-13/h2-5,11,17H,1,6-10H2. The molecule has 104 valence electrons. The highest BCUT2D eigenvalue weighted by molar-refractivity contribution is 6.30. The lowest BCUT2D eigenvalue weighted by atomic mass is 10.3. The minimum Gasteiger partial charge on any atom is -0.493 e. The smallest absolute Gasteiger partial charge is 0.226 e. The van der Waals surface area contributed by atoms with Gasteiger partial charge in [-0.15, -0.1) is 6.58 Å². The first-order valence-electron chi connectivity index (χ1n) is 6.05. The molecule has 0 aromatic heterocycles. The van der Waals surface area contributed by atoms with Crippen LogP contribution in [0.4, 0.5) is 0 Å². The van der Waals surface area contributed by atoms with E-state index in [0.717, 1.165) is 0 Å². The molecule has 0 heterocycles. The Hall–Kier alpha value is -1.52. The largest absolute Gasteiger partial charge is 0.493 e. The number of hydrogen-bond acceptors (Lipinski definition) is 3. The number of ether oxygens (including phenoxy) is 1. The maximum Gasteiger partial charge on any atom is 0.226 e. The van der Waals surface area contributed by atoms with Gasteiger partial charge in [0.25, 0.3) is 0 Å². The molecule has 1 aromatic carbocycles. The van der Waals surface area contributed by atoms with Crippen molar-refractivity contribution in [1.82, 2.24) is 4.90 Å². The van der Waals surface area contributed by atoms with Gasteiger partial charge in [-0.1, -0.05) is 23.7 Å². The first-order chi connectivity index (χ1) is 9.17. The van der Waals surface area contributed by atoms with Crippen molar-refractivity contribution in [2.24, 2.45) is 0 Å². The summed E-state index contributed by atoms with van der Waals surface area (Å²) < 4.78 is 5.44. The summed E-state index contributed by atoms with van der Waals surface area (Å²) >= 11 is 5.83. The summed E-state index contributed by atoms with van der Waals surface area (Å²) in [6.45, 7) is 4.53. The van der Waals surface area contributed by atoms with Crippen LogP contribution >= 0.6 is 11.6 Å². The molecule has 0 aliphatic heterocycles. The molecule has 0 saturated heterocycles. The number of carbonyl (C=O) groups excluding carboxylic acids is 1. The minimum absolute atomic E-state index is 0.0608. The van der Waals surface area contributed by atoms with E-state index >= 15 is 0 Å². The fraction of sp³-hybridized carbons (Fsp3) is 0.357. The molecule has 1 amide bonds. The van der Waals surface area contributed by atoms with E-state index in [0.29, 0.717) is 23.9 Å². The van der Waals surface area contributed by atoms with Crippen LogP contribution in [0, 0.1) is 0 Å². The van der Waals surface area contributed by atoms with Crippen LogP contribution in [0.25, 0.3) is 0 Å². The first kappa shape index (κ1) is 15.5. The Bertz CT molecular complexity index is 423. The Kier molecular flexibility index (Phi) is 7.00. The van der Waals surface area contributed by atoms with Gasteiger partial charge in [-0.2, -0.15) is 0 Å². The van der Waals surface area contributed by atoms with E-state index in [9.17, 15) is 4.79 Å². The number of hydrogen-bond donors (Lipinski definition) is 1. The van der Waals surface area contributed by atoms with Crippen LogP contribution in [-0.2, 0) is 4.79 Å². The molecular weight excluding hydrogens is 266 g/mol. The lowest BCUT2D eigenvalue weighted by molar-refractivity contribution is -0.131. The Labute approximate surface area is 118 Å². The maximum absolute atomic E-state index is 11.8. The second-order valence-corrected chi connectivity index (χ2v) is 4.34. The number of nitrogens with zero attached hydrogens (tertiary/aromatic N) is 1. The normalized spacial score (nSPS) is 10.0. The highest BCUT2D eigenvalue weighted by Gasteiger charge is 2.11. The summed E-state index contributed by atoms with van der Waals surface area (Å²) in [7, 11) is 0. The van der Waals surface area contributed by atoms with Gasteiger partial charge < -0.3 is 14.7 Å². The van der Waals surface area contributed by atoms with Gasteiger partial charge in [-0.05, 0) is 18.2 Å². The number of benzene rings is 1. The molecule has 0 unspecified atom stereocenters. The van der Waals surface area contributed by atoms with Crippen molar-refractivity contribution in [2.45, 2.75) is 6.42 Å². The summed E-state index contributed by atoms with van der Waals surface area (Å²) in [6, 6.07) is 7.02. The summed E-state index contributed by atoms with van der Waals surface area (Å²) in [4.78, 5) is 13.4. The predicted molar refractivity (Wildman–Crippen MR) is 75.4 cm³/mol. The SMILES string of the molecule is C=CCN(CCO)C(=O)CCOc1cccc(Cl)c1. The summed E-state index contributed by atoms with van der Waals surface area (Å²) in [5, 5.41) is 9.47. The zero-order chi connectivity index (χ0) is 14.1. The molecule has 0 atom stereocenters. The average Bonchev–Trinajstić information content (AvgIpc) is 2.38. The highest BCUT2D eigenvalue weighted by atomic mass is 35.5. The van der Waals surface area contributed by atoms with Gasteiger partial charge in [0.15, 0.2) is 0 Å². The van der Waals surface area contributed by atoms with E-state index in [4.69, 9.17) is 21.4 Å². The van der Waals surface area contributed by atoms with Crippen molar-refractivity contribution >= 4 is 17.5 Å². The van der Waals surface area contributed by atoms with Crippen molar-refractivity contribution in [2.75, 3.05) is 26.3 Å². The van der Waals surface area contributed by atoms with E-state index in [-0.39, 0.29) is 25.5 Å². The molecule has 1 rings (SSSR count). The molecule has 5 heteroatoms. The van der Waals surface area contributed by atoms with Crippen LogP contribution in [-0.4, -0.2) is 42.2 Å². The van der Waals surface area contributed by atoms with Gasteiger partial charge in [0, 0.05) is 18.1 Å². The molecule has 0 aliphatic rings. The zero-order valence-corrected chi connectivity index (χ0v) is 11.5. The van der Waals surface area contributed by atoms with Crippen molar-refractivity contribution in [1.29, 1.82) is 0 Å². The minimum atomic E-state index is -0.0732. The van der Waals surface area contributed by atoms with E-state index in [1.165, 1.54) is 4.90 Å². The van der Waals surface area contributed by atoms with Crippen molar-refractivity contribution in [3.63, 3.8) is 0 Å². The number of carbonyl (C=O) groups is 1. The van der Waals surface area contributed by atoms with Crippen molar-refractivity contribution in [3.8, 4) is 5.75 Å². The predicted octanol–water partition coefficient (Wildman–Crippen LogP) is 2.12. The Balaban J connectivity index is 2.38. The third-order valence-electron chi connectivity index (χ3n) is 2.45. The molecule has 0 radical (unpaired) electrons. The van der Waals surface area contributed by atoms with E-state index in [1.807, 2.05) is 0 Å². The molecule has 0 spiro atoms. The zero-order valence-electron chi connectivity index (χ0n) is 10.7. The van der Waals surface area contributed by atoms with Crippen molar-refractivity contribution < 1.29 is 14.6 Å². The van der Waals surface area contributed by atoms with Gasteiger partial charge >= 0.3 is 0 Å². The van der Waals surface area contributed by atoms with E-state index < -0.39 is 0 Å². The molecular formula is C14H18ClNO3. The Morgan fingerprint density at radius 1 is 1.53 bits per heavy atom. The molecule has 0 fully saturated rings. The number of amides is 1. The molecule has 4 nitrogen and oxygen atoms in total. The number of halogens is 1. The molecule has 0 bridgehead atoms. The highest BCUT2D eigenvalue weighted by Crippen LogP contribution is 2.17. The molecule has 19 heavy (non-hydrogen) atoms. The van der Waals surface area contributed by atoms with Gasteiger partial charge in [-0.25, -0.2) is 0 Å². The number of aliphatic hydroxyl groups excluding tert-OH is 1. The van der Waals surface area contributed by atoms with Crippen LogP contribution in [0.5, 0.6) is 5.75 Å². The molecule has 1 N–H and O–H groups in total. The summed E-state index contributed by atoms with van der Waals surface area (Å²) in [6.07, 6.45) is 1.88. The summed E-state index contributed by atoms with van der Waals surface area (Å²) in [5.74, 6) is 0.564. The second-order valence-electron chi connectivity index (χ2n) is 3.91. The van der Waals surface area contributed by atoms with E-state index in [1.54, 1.807) is 30.3 Å². The first-order valence-corrected chi connectivity index (χ1v) is 6.43. The monoisotopic (exact) mass is 283 g/mol. The maximum atomic E-state index is 11.8. The fourth-order valence-corrected chi connectivity index (χ4v) is 1.75. The van der Waals surface area contributed by atoms with Gasteiger partial charge in [-0.3, -0.25) is 4.79 Å². The lowest BCUT2D eigenvalue weighted by Gasteiger charge is -2.19. The number of aliphatic hydroxyl groups is 1. The van der Waals surface area contributed by atoms with Crippen LogP contribution in [0.3, 0.4) is 0 Å². The van der Waals surface area contributed by atoms with Crippen LogP contribution in [0.2, 0.25) is 5.02 Å². The third kappa shape index (κ3) is 5.77. The van der Waals surface area contributed by atoms with E-state index in [2.05, 4.69) is 6.58 Å². The Morgan fingerprint density at radius 2 is 2.32 bits per heavy atom. The van der Waals surface area contributed by atoms with Crippen molar-refractivity contribution in [3.05, 3.63) is 41.9 Å². The molecule has 0 saturated carbocycles. The molecule has 0 aliphatic carbocycles. The Morgan fingerprint density at radius 3 is 2.95 bits per heavy atom.